The Morgan fingerprint density at radius 1 is 1.26 bits per heavy atom. The molecule has 1 aromatic carbocycles. The van der Waals surface area contributed by atoms with Crippen LogP contribution in [0.2, 0.25) is 18.6 Å². The van der Waals surface area contributed by atoms with Crippen LogP contribution in [0.5, 0.6) is 0 Å². The Morgan fingerprint density at radius 2 is 1.97 bits per heavy atom. The first-order valence-electron chi connectivity index (χ1n) is 13.4. The first-order chi connectivity index (χ1) is 18.0. The SMILES string of the molecule is CCC1(OC(=O)CN)C(=O)OC([Si](C)(C)C(C)C(C)C)C2=C1CC1=C(C2=O)N2Cc3ccccc3C=C2N1. The van der Waals surface area contributed by atoms with Gasteiger partial charge in [0.2, 0.25) is 11.4 Å². The number of hydrogen-bond donors (Lipinski definition) is 2. The summed E-state index contributed by atoms with van der Waals surface area (Å²) >= 11 is 0. The van der Waals surface area contributed by atoms with E-state index in [9.17, 15) is 14.4 Å². The van der Waals surface area contributed by atoms with Crippen LogP contribution < -0.4 is 11.1 Å². The number of allylic oxidation sites excluding steroid dienone is 2. The van der Waals surface area contributed by atoms with Crippen LogP contribution in [0.4, 0.5) is 0 Å². The molecule has 0 radical (unpaired) electrons. The van der Waals surface area contributed by atoms with Gasteiger partial charge in [0.25, 0.3) is 0 Å². The molecule has 3 aliphatic heterocycles. The molecule has 5 rings (SSSR count). The summed E-state index contributed by atoms with van der Waals surface area (Å²) in [4.78, 5) is 42.9. The van der Waals surface area contributed by atoms with Gasteiger partial charge in [-0.15, -0.1) is 0 Å². The van der Waals surface area contributed by atoms with E-state index in [0.29, 0.717) is 35.7 Å². The van der Waals surface area contributed by atoms with E-state index in [-0.39, 0.29) is 24.3 Å². The number of cyclic esters (lactones) is 1. The number of ether oxygens (including phenoxy) is 2. The Morgan fingerprint density at radius 3 is 2.63 bits per heavy atom. The summed E-state index contributed by atoms with van der Waals surface area (Å²) in [7, 11) is -2.39. The maximum absolute atomic E-state index is 14.6. The molecule has 9 heteroatoms. The van der Waals surface area contributed by atoms with Gasteiger partial charge in [-0.2, -0.15) is 0 Å². The molecule has 202 valence electrons. The molecule has 3 atom stereocenters. The smallest absolute Gasteiger partial charge is 0.355 e. The van der Waals surface area contributed by atoms with Crippen LogP contribution in [0, 0.1) is 5.92 Å². The molecule has 0 spiro atoms. The van der Waals surface area contributed by atoms with E-state index in [4.69, 9.17) is 15.2 Å². The van der Waals surface area contributed by atoms with Crippen molar-refractivity contribution < 1.29 is 23.9 Å². The summed E-state index contributed by atoms with van der Waals surface area (Å²) < 4.78 is 12.0. The Labute approximate surface area is 224 Å². The molecule has 0 amide bonds. The summed E-state index contributed by atoms with van der Waals surface area (Å²) in [5, 5.41) is 3.44. The predicted octanol–water partition coefficient (Wildman–Crippen LogP) is 3.75. The van der Waals surface area contributed by atoms with Gasteiger partial charge in [0, 0.05) is 23.3 Å². The molecule has 0 bridgehead atoms. The lowest BCUT2D eigenvalue weighted by Gasteiger charge is -2.48. The summed E-state index contributed by atoms with van der Waals surface area (Å²) in [6.45, 7) is 12.8. The van der Waals surface area contributed by atoms with Crippen molar-refractivity contribution in [3.8, 4) is 0 Å². The third-order valence-electron chi connectivity index (χ3n) is 9.05. The zero-order valence-electron chi connectivity index (χ0n) is 23.0. The normalized spacial score (nSPS) is 25.2. The fourth-order valence-corrected chi connectivity index (χ4v) is 9.97. The fraction of sp³-hybridized carbons (Fsp3) is 0.483. The molecule has 1 aromatic rings. The van der Waals surface area contributed by atoms with Gasteiger partial charge in [-0.25, -0.2) is 4.79 Å². The highest BCUT2D eigenvalue weighted by Crippen LogP contribution is 2.50. The summed E-state index contributed by atoms with van der Waals surface area (Å²) in [5.74, 6) is -0.294. The average Bonchev–Trinajstić information content (AvgIpc) is 3.25. The van der Waals surface area contributed by atoms with Crippen molar-refractivity contribution in [1.82, 2.24) is 10.2 Å². The van der Waals surface area contributed by atoms with E-state index in [0.717, 1.165) is 22.6 Å². The van der Waals surface area contributed by atoms with Gasteiger partial charge in [0.15, 0.2) is 0 Å². The van der Waals surface area contributed by atoms with Gasteiger partial charge < -0.3 is 25.4 Å². The highest BCUT2D eigenvalue weighted by Gasteiger charge is 2.60. The van der Waals surface area contributed by atoms with Crippen LogP contribution in [-0.2, 0) is 30.4 Å². The lowest BCUT2D eigenvalue weighted by atomic mass is 9.77. The molecule has 0 aromatic heterocycles. The minimum Gasteiger partial charge on any atom is -0.458 e. The number of carbonyl (C=O) groups excluding carboxylic acids is 3. The second-order valence-electron chi connectivity index (χ2n) is 11.7. The van der Waals surface area contributed by atoms with Crippen molar-refractivity contribution in [2.24, 2.45) is 11.7 Å². The highest BCUT2D eigenvalue weighted by molar-refractivity contribution is 6.81. The Kier molecular flexibility index (Phi) is 6.42. The van der Waals surface area contributed by atoms with Crippen LogP contribution in [-0.4, -0.2) is 48.6 Å². The molecule has 4 aliphatic rings. The number of carbonyl (C=O) groups is 3. The number of esters is 2. The van der Waals surface area contributed by atoms with E-state index >= 15 is 0 Å². The van der Waals surface area contributed by atoms with Gasteiger partial charge in [0.1, 0.15) is 25.3 Å². The number of nitrogens with two attached hydrogens (primary N) is 1. The molecular weight excluding hydrogens is 498 g/mol. The molecule has 38 heavy (non-hydrogen) atoms. The van der Waals surface area contributed by atoms with Crippen LogP contribution in [0.3, 0.4) is 0 Å². The molecule has 0 saturated carbocycles. The first kappa shape index (κ1) is 26.4. The van der Waals surface area contributed by atoms with Gasteiger partial charge in [0.05, 0.1) is 13.1 Å². The molecule has 1 aliphatic carbocycles. The second kappa shape index (κ2) is 9.23. The molecule has 3 N–H and O–H groups in total. The minimum atomic E-state index is -2.39. The third kappa shape index (κ3) is 3.78. The molecule has 0 fully saturated rings. The topological polar surface area (TPSA) is 111 Å². The second-order valence-corrected chi connectivity index (χ2v) is 16.7. The van der Waals surface area contributed by atoms with Crippen molar-refractivity contribution >= 4 is 31.9 Å². The number of rotatable bonds is 6. The largest absolute Gasteiger partial charge is 0.458 e. The van der Waals surface area contributed by atoms with Crippen molar-refractivity contribution in [2.45, 2.75) is 77.0 Å². The zero-order chi connectivity index (χ0) is 27.6. The van der Waals surface area contributed by atoms with Crippen molar-refractivity contribution in [3.05, 3.63) is 63.8 Å². The molecule has 3 heterocycles. The number of benzene rings is 1. The average molecular weight is 536 g/mol. The number of ketones is 1. The monoisotopic (exact) mass is 535 g/mol. The van der Waals surface area contributed by atoms with E-state index in [1.165, 1.54) is 0 Å². The van der Waals surface area contributed by atoms with E-state index in [2.05, 4.69) is 51.3 Å². The summed E-state index contributed by atoms with van der Waals surface area (Å²) in [6.07, 6.45) is 2.49. The number of nitrogens with zero attached hydrogens (tertiary/aromatic N) is 1. The van der Waals surface area contributed by atoms with Crippen LogP contribution in [0.25, 0.3) is 6.08 Å². The molecule has 0 saturated heterocycles. The third-order valence-corrected chi connectivity index (χ3v) is 13.8. The summed E-state index contributed by atoms with van der Waals surface area (Å²) in [6, 6.07) is 8.12. The molecular formula is C29H37N3O5Si. The van der Waals surface area contributed by atoms with Gasteiger partial charge >= 0.3 is 11.9 Å². The maximum atomic E-state index is 14.6. The Balaban J connectivity index is 1.66. The lowest BCUT2D eigenvalue weighted by molar-refractivity contribution is -0.181. The van der Waals surface area contributed by atoms with Gasteiger partial charge in [-0.05, 0) is 35.1 Å². The van der Waals surface area contributed by atoms with Crippen LogP contribution in [0.15, 0.2) is 52.6 Å². The van der Waals surface area contributed by atoms with Crippen LogP contribution in [0.1, 0.15) is 51.7 Å². The quantitative estimate of drug-likeness (QED) is 0.419. The Bertz CT molecular complexity index is 1330. The van der Waals surface area contributed by atoms with Crippen molar-refractivity contribution in [2.75, 3.05) is 6.54 Å². The standard InChI is InChI=1S/C29H37N3O5Si/c1-7-29(37-23(33)14-30)20-13-21-25(32-15-19-11-9-8-10-18(19)12-22(32)31-21)26(34)24(20)27(36-28(29)35)38(5,6)17(4)16(2)3/h8-12,16-17,27,31H,7,13-15,30H2,1-6H3. The Hall–Kier alpha value is -3.17. The van der Waals surface area contributed by atoms with Gasteiger partial charge in [-0.1, -0.05) is 65.1 Å². The van der Waals surface area contributed by atoms with Crippen LogP contribution >= 0.6 is 0 Å². The molecule has 8 nitrogen and oxygen atoms in total. The molecule has 3 unspecified atom stereocenters. The van der Waals surface area contributed by atoms with Crippen molar-refractivity contribution in [1.29, 1.82) is 0 Å². The number of nitrogens with one attached hydrogen (secondary N) is 1. The fourth-order valence-electron chi connectivity index (χ4n) is 6.32. The summed E-state index contributed by atoms with van der Waals surface area (Å²) in [5.41, 5.74) is 8.09. The van der Waals surface area contributed by atoms with Gasteiger partial charge in [-0.3, -0.25) is 9.59 Å². The zero-order valence-corrected chi connectivity index (χ0v) is 24.0. The maximum Gasteiger partial charge on any atom is 0.355 e. The number of fused-ring (bicyclic) bond motifs is 3. The highest BCUT2D eigenvalue weighted by atomic mass is 28.3. The number of hydrogen-bond acceptors (Lipinski definition) is 8. The van der Waals surface area contributed by atoms with E-state index in [1.54, 1.807) is 6.92 Å². The first-order valence-corrected chi connectivity index (χ1v) is 16.6. The predicted molar refractivity (Wildman–Crippen MR) is 147 cm³/mol. The minimum absolute atomic E-state index is 0.151. The lowest BCUT2D eigenvalue weighted by Crippen LogP contribution is -2.61. The van der Waals surface area contributed by atoms with E-state index in [1.807, 2.05) is 23.1 Å². The van der Waals surface area contributed by atoms with E-state index < -0.39 is 31.3 Å². The number of Topliss-reactive ketones (excluding diaryl/α,β-unsaturated/α-hetero) is 1. The van der Waals surface area contributed by atoms with Crippen molar-refractivity contribution in [3.63, 3.8) is 0 Å².